The lowest BCUT2D eigenvalue weighted by molar-refractivity contribution is -0.165. The molecule has 0 saturated carbocycles. The molecule has 0 aliphatic carbocycles. The van der Waals surface area contributed by atoms with E-state index in [2.05, 4.69) is 5.32 Å². The molecule has 1 heterocycles. The van der Waals surface area contributed by atoms with E-state index < -0.39 is 42.3 Å². The largest absolute Gasteiger partial charge is 0.462 e. The van der Waals surface area contributed by atoms with Crippen molar-refractivity contribution in [3.63, 3.8) is 0 Å². The molecule has 0 unspecified atom stereocenters. The molecule has 186 valence electrons. The van der Waals surface area contributed by atoms with Gasteiger partial charge in [-0.05, 0) is 43.5 Å². The highest BCUT2D eigenvalue weighted by atomic mass is 19.4. The lowest BCUT2D eigenvalue weighted by Gasteiger charge is -2.29. The number of alkyl halides is 3. The molecule has 1 aromatic rings. The standard InChI is InChI=1S/C23H27F3N2O6/c1-2-3-14-33-21(31)16-4-6-18(7-5-16)27-20(30)15-34-22(32)17-8-11-28(12-9-17)13-10-19(29)23(24,25)26/h4-7,10,13,17H,2-3,8-9,11-12,14-15H2,1H3,(H,27,30)/b13-10+. The Labute approximate surface area is 195 Å². The summed E-state index contributed by atoms with van der Waals surface area (Å²) >= 11 is 0. The Hall–Kier alpha value is -3.37. The molecule has 0 bridgehead atoms. The van der Waals surface area contributed by atoms with Crippen LogP contribution in [0.3, 0.4) is 0 Å². The summed E-state index contributed by atoms with van der Waals surface area (Å²) in [5, 5.41) is 2.56. The number of esters is 2. The van der Waals surface area contributed by atoms with Gasteiger partial charge in [0.15, 0.2) is 6.61 Å². The fraction of sp³-hybridized carbons (Fsp3) is 0.478. The molecule has 1 aliphatic heterocycles. The molecule has 1 aliphatic rings. The normalized spacial score (nSPS) is 14.6. The average Bonchev–Trinajstić information content (AvgIpc) is 2.81. The number of unbranched alkanes of at least 4 members (excludes halogenated alkanes) is 1. The third-order valence-electron chi connectivity index (χ3n) is 5.06. The van der Waals surface area contributed by atoms with Gasteiger partial charge in [0, 0.05) is 31.1 Å². The Morgan fingerprint density at radius 3 is 2.32 bits per heavy atom. The summed E-state index contributed by atoms with van der Waals surface area (Å²) in [6.45, 7) is 2.38. The fourth-order valence-corrected chi connectivity index (χ4v) is 3.09. The smallest absolute Gasteiger partial charge is 0.454 e. The summed E-state index contributed by atoms with van der Waals surface area (Å²) in [4.78, 5) is 48.5. The van der Waals surface area contributed by atoms with Crippen LogP contribution >= 0.6 is 0 Å². The van der Waals surface area contributed by atoms with Crippen LogP contribution < -0.4 is 5.32 Å². The van der Waals surface area contributed by atoms with E-state index >= 15 is 0 Å². The number of rotatable bonds is 10. The number of nitrogens with zero attached hydrogens (tertiary/aromatic N) is 1. The van der Waals surface area contributed by atoms with Crippen LogP contribution in [0.4, 0.5) is 18.9 Å². The highest BCUT2D eigenvalue weighted by Gasteiger charge is 2.36. The number of nitrogens with one attached hydrogen (secondary N) is 1. The van der Waals surface area contributed by atoms with E-state index in [1.54, 1.807) is 0 Å². The van der Waals surface area contributed by atoms with Crippen molar-refractivity contribution in [2.45, 2.75) is 38.8 Å². The molecule has 0 atom stereocenters. The van der Waals surface area contributed by atoms with Gasteiger partial charge < -0.3 is 19.7 Å². The van der Waals surface area contributed by atoms with Gasteiger partial charge in [0.05, 0.1) is 18.1 Å². The first-order chi connectivity index (χ1) is 16.1. The van der Waals surface area contributed by atoms with E-state index in [-0.39, 0.29) is 13.1 Å². The van der Waals surface area contributed by atoms with Crippen molar-refractivity contribution in [3.8, 4) is 0 Å². The maximum Gasteiger partial charge on any atom is 0.454 e. The summed E-state index contributed by atoms with van der Waals surface area (Å²) in [6.07, 6.45) is -1.06. The van der Waals surface area contributed by atoms with E-state index in [0.717, 1.165) is 19.0 Å². The molecule has 1 fully saturated rings. The Morgan fingerprint density at radius 1 is 1.09 bits per heavy atom. The van der Waals surface area contributed by atoms with Crippen LogP contribution in [0.5, 0.6) is 0 Å². The highest BCUT2D eigenvalue weighted by molar-refractivity contribution is 5.95. The molecule has 8 nitrogen and oxygen atoms in total. The number of carbonyl (C=O) groups is 4. The molecule has 1 saturated heterocycles. The number of anilines is 1. The second kappa shape index (κ2) is 12.8. The van der Waals surface area contributed by atoms with E-state index in [0.29, 0.717) is 36.8 Å². The Morgan fingerprint density at radius 2 is 1.74 bits per heavy atom. The maximum atomic E-state index is 12.2. The zero-order chi connectivity index (χ0) is 25.1. The molecule has 34 heavy (non-hydrogen) atoms. The molecule has 0 spiro atoms. The van der Waals surface area contributed by atoms with Crippen LogP contribution in [0.15, 0.2) is 36.5 Å². The van der Waals surface area contributed by atoms with Crippen LogP contribution in [0.1, 0.15) is 43.0 Å². The minimum absolute atomic E-state index is 0.279. The number of carbonyl (C=O) groups excluding carboxylic acids is 4. The molecule has 0 radical (unpaired) electrons. The van der Waals surface area contributed by atoms with E-state index in [4.69, 9.17) is 9.47 Å². The Balaban J connectivity index is 1.71. The average molecular weight is 484 g/mol. The Bertz CT molecular complexity index is 891. The first kappa shape index (κ1) is 26.9. The molecule has 1 amide bonds. The SMILES string of the molecule is CCCCOC(=O)c1ccc(NC(=O)COC(=O)C2CCN(/C=C/C(=O)C(F)(F)F)CC2)cc1. The summed E-state index contributed by atoms with van der Waals surface area (Å²) < 4.78 is 46.8. The topological polar surface area (TPSA) is 102 Å². The monoisotopic (exact) mass is 484 g/mol. The van der Waals surface area contributed by atoms with Gasteiger partial charge in [-0.2, -0.15) is 13.2 Å². The molecule has 2 rings (SSSR count). The number of hydrogen-bond donors (Lipinski definition) is 1. The van der Waals surface area contributed by atoms with Crippen LogP contribution in [0.2, 0.25) is 0 Å². The van der Waals surface area contributed by atoms with E-state index in [1.165, 1.54) is 29.2 Å². The van der Waals surface area contributed by atoms with Gasteiger partial charge in [0.1, 0.15) is 0 Å². The second-order valence-electron chi connectivity index (χ2n) is 7.71. The molecule has 1 aromatic carbocycles. The number of allylic oxidation sites excluding steroid dienone is 1. The van der Waals surface area contributed by atoms with Gasteiger partial charge in [-0.1, -0.05) is 13.3 Å². The first-order valence-corrected chi connectivity index (χ1v) is 10.9. The van der Waals surface area contributed by atoms with Crippen molar-refractivity contribution >= 4 is 29.3 Å². The van der Waals surface area contributed by atoms with Crippen LogP contribution in [-0.4, -0.2) is 61.0 Å². The highest BCUT2D eigenvalue weighted by Crippen LogP contribution is 2.20. The number of hydrogen-bond acceptors (Lipinski definition) is 7. The minimum atomic E-state index is -4.92. The lowest BCUT2D eigenvalue weighted by Crippen LogP contribution is -2.35. The van der Waals surface area contributed by atoms with Crippen LogP contribution in [0, 0.1) is 5.92 Å². The van der Waals surface area contributed by atoms with E-state index in [9.17, 15) is 32.3 Å². The van der Waals surface area contributed by atoms with Gasteiger partial charge in [0.25, 0.3) is 11.7 Å². The van der Waals surface area contributed by atoms with Crippen molar-refractivity contribution in [3.05, 3.63) is 42.1 Å². The first-order valence-electron chi connectivity index (χ1n) is 10.9. The zero-order valence-corrected chi connectivity index (χ0v) is 18.7. The zero-order valence-electron chi connectivity index (χ0n) is 18.7. The van der Waals surface area contributed by atoms with Crippen molar-refractivity contribution < 1.29 is 41.8 Å². The number of halogens is 3. The van der Waals surface area contributed by atoms with Gasteiger partial charge in [0.2, 0.25) is 0 Å². The molecule has 1 N–H and O–H groups in total. The lowest BCUT2D eigenvalue weighted by atomic mass is 9.97. The van der Waals surface area contributed by atoms with E-state index in [1.807, 2.05) is 6.92 Å². The number of ketones is 1. The van der Waals surface area contributed by atoms with Crippen molar-refractivity contribution in [1.82, 2.24) is 4.90 Å². The second-order valence-corrected chi connectivity index (χ2v) is 7.71. The Kier molecular flexibility index (Phi) is 10.1. The van der Waals surface area contributed by atoms with Crippen LogP contribution in [-0.2, 0) is 23.9 Å². The van der Waals surface area contributed by atoms with Gasteiger partial charge in [-0.25, -0.2) is 4.79 Å². The molecular formula is C23H27F3N2O6. The van der Waals surface area contributed by atoms with Crippen LogP contribution in [0.25, 0.3) is 0 Å². The number of ether oxygens (including phenoxy) is 2. The number of amides is 1. The summed E-state index contributed by atoms with van der Waals surface area (Å²) in [7, 11) is 0. The third kappa shape index (κ3) is 8.87. The minimum Gasteiger partial charge on any atom is -0.462 e. The van der Waals surface area contributed by atoms with Crippen molar-refractivity contribution in [2.24, 2.45) is 5.92 Å². The number of piperidine rings is 1. The maximum absolute atomic E-state index is 12.2. The molecule has 11 heteroatoms. The van der Waals surface area contributed by atoms with Crippen molar-refractivity contribution in [1.29, 1.82) is 0 Å². The van der Waals surface area contributed by atoms with Gasteiger partial charge in [-0.3, -0.25) is 14.4 Å². The van der Waals surface area contributed by atoms with Gasteiger partial charge >= 0.3 is 18.1 Å². The fourth-order valence-electron chi connectivity index (χ4n) is 3.09. The van der Waals surface area contributed by atoms with Crippen molar-refractivity contribution in [2.75, 3.05) is 31.6 Å². The number of likely N-dealkylation sites (tertiary alicyclic amines) is 1. The third-order valence-corrected chi connectivity index (χ3v) is 5.06. The summed E-state index contributed by atoms with van der Waals surface area (Å²) in [5.41, 5.74) is 0.768. The summed E-state index contributed by atoms with van der Waals surface area (Å²) in [6, 6.07) is 6.09. The molecular weight excluding hydrogens is 457 g/mol. The summed E-state index contributed by atoms with van der Waals surface area (Å²) in [5.74, 6) is -4.02. The molecule has 0 aromatic heterocycles. The predicted octanol–water partition coefficient (Wildman–Crippen LogP) is 3.48. The van der Waals surface area contributed by atoms with Gasteiger partial charge in [-0.15, -0.1) is 0 Å². The number of benzene rings is 1. The predicted molar refractivity (Wildman–Crippen MR) is 116 cm³/mol. The quantitative estimate of drug-likeness (QED) is 0.308.